The van der Waals surface area contributed by atoms with Crippen LogP contribution in [0.4, 0.5) is 8.78 Å². The highest BCUT2D eigenvalue weighted by Crippen LogP contribution is 2.26. The van der Waals surface area contributed by atoms with E-state index in [2.05, 4.69) is 9.97 Å². The number of nitrogens with zero attached hydrogens (tertiary/aromatic N) is 2. The number of hydrogen-bond acceptors (Lipinski definition) is 2. The lowest BCUT2D eigenvalue weighted by Crippen LogP contribution is -2.39. The molecule has 6 heteroatoms. The van der Waals surface area contributed by atoms with Gasteiger partial charge in [-0.15, -0.1) is 0 Å². The average molecular weight is 305 g/mol. The van der Waals surface area contributed by atoms with Crippen LogP contribution in [-0.4, -0.2) is 33.9 Å². The number of piperidine rings is 1. The van der Waals surface area contributed by atoms with Crippen LogP contribution in [0.2, 0.25) is 0 Å². The lowest BCUT2D eigenvalue weighted by atomic mass is 9.96. The van der Waals surface area contributed by atoms with Crippen molar-refractivity contribution in [3.63, 3.8) is 0 Å². The van der Waals surface area contributed by atoms with Crippen LogP contribution in [0.5, 0.6) is 0 Å². The van der Waals surface area contributed by atoms with Crippen molar-refractivity contribution in [1.29, 1.82) is 0 Å². The van der Waals surface area contributed by atoms with Gasteiger partial charge in [-0.3, -0.25) is 4.79 Å². The Kier molecular flexibility index (Phi) is 3.92. The van der Waals surface area contributed by atoms with Crippen LogP contribution < -0.4 is 0 Å². The molecule has 1 N–H and O–H groups in total. The number of rotatable bonds is 2. The van der Waals surface area contributed by atoms with Crippen LogP contribution in [0.3, 0.4) is 0 Å². The molecule has 1 saturated heterocycles. The number of carbonyl (C=O) groups excluding carboxylic acids is 1. The molecule has 0 bridgehead atoms. The minimum absolute atomic E-state index is 0.100. The topological polar surface area (TPSA) is 49.0 Å². The molecule has 4 nitrogen and oxygen atoms in total. The predicted octanol–water partition coefficient (Wildman–Crippen LogP) is 3.02. The lowest BCUT2D eigenvalue weighted by Gasteiger charge is -2.32. The SMILES string of the molecule is Cc1cnc([C@H]2CCCN(C(=O)c3cc(F)ccc3F)C2)[nH]1. The molecule has 0 unspecified atom stereocenters. The molecule has 1 aliphatic rings. The normalized spacial score (nSPS) is 18.5. The Balaban J connectivity index is 1.79. The van der Waals surface area contributed by atoms with Crippen molar-refractivity contribution < 1.29 is 13.6 Å². The van der Waals surface area contributed by atoms with Crippen molar-refractivity contribution in [2.75, 3.05) is 13.1 Å². The fourth-order valence-corrected chi connectivity index (χ4v) is 2.86. The number of benzene rings is 1. The highest BCUT2D eigenvalue weighted by molar-refractivity contribution is 5.94. The first kappa shape index (κ1) is 14.7. The van der Waals surface area contributed by atoms with Gasteiger partial charge in [0.05, 0.1) is 5.56 Å². The van der Waals surface area contributed by atoms with Crippen molar-refractivity contribution in [3.05, 3.63) is 53.1 Å². The third-order valence-electron chi connectivity index (χ3n) is 3.98. The standard InChI is InChI=1S/C16H17F2N3O/c1-10-8-19-15(20-10)11-3-2-6-21(9-11)16(22)13-7-12(17)4-5-14(13)18/h4-5,7-8,11H,2-3,6,9H2,1H3,(H,19,20)/t11-/m0/s1. The molecule has 0 aliphatic carbocycles. The number of carbonyl (C=O) groups is 1. The Hall–Kier alpha value is -2.24. The molecule has 1 aromatic heterocycles. The van der Waals surface area contributed by atoms with Gasteiger partial charge in [0, 0.05) is 30.9 Å². The average Bonchev–Trinajstić information content (AvgIpc) is 2.96. The number of likely N-dealkylation sites (tertiary alicyclic amines) is 1. The molecule has 1 fully saturated rings. The Labute approximate surface area is 127 Å². The second kappa shape index (κ2) is 5.87. The summed E-state index contributed by atoms with van der Waals surface area (Å²) >= 11 is 0. The van der Waals surface area contributed by atoms with Crippen molar-refractivity contribution in [3.8, 4) is 0 Å². The van der Waals surface area contributed by atoms with E-state index in [-0.39, 0.29) is 11.5 Å². The number of halogens is 2. The van der Waals surface area contributed by atoms with Crippen molar-refractivity contribution in [2.24, 2.45) is 0 Å². The molecule has 0 radical (unpaired) electrons. The van der Waals surface area contributed by atoms with E-state index < -0.39 is 17.5 Å². The number of aromatic amines is 1. The summed E-state index contributed by atoms with van der Waals surface area (Å²) < 4.78 is 27.0. The highest BCUT2D eigenvalue weighted by Gasteiger charge is 2.28. The zero-order valence-corrected chi connectivity index (χ0v) is 12.3. The zero-order chi connectivity index (χ0) is 15.7. The van der Waals surface area contributed by atoms with Gasteiger partial charge in [-0.1, -0.05) is 0 Å². The van der Waals surface area contributed by atoms with Crippen LogP contribution >= 0.6 is 0 Å². The van der Waals surface area contributed by atoms with E-state index in [0.29, 0.717) is 13.1 Å². The first-order chi connectivity index (χ1) is 10.5. The predicted molar refractivity (Wildman–Crippen MR) is 77.6 cm³/mol. The molecular formula is C16H17F2N3O. The van der Waals surface area contributed by atoms with Crippen LogP contribution in [0, 0.1) is 18.6 Å². The van der Waals surface area contributed by atoms with Crippen LogP contribution in [0.1, 0.15) is 40.6 Å². The molecule has 0 saturated carbocycles. The first-order valence-electron chi connectivity index (χ1n) is 7.30. The summed E-state index contributed by atoms with van der Waals surface area (Å²) in [6.45, 7) is 2.93. The van der Waals surface area contributed by atoms with Crippen LogP contribution in [-0.2, 0) is 0 Å². The lowest BCUT2D eigenvalue weighted by molar-refractivity contribution is 0.0699. The Bertz CT molecular complexity index is 698. The minimum Gasteiger partial charge on any atom is -0.346 e. The Morgan fingerprint density at radius 2 is 2.23 bits per heavy atom. The Morgan fingerprint density at radius 3 is 2.95 bits per heavy atom. The molecule has 2 heterocycles. The summed E-state index contributed by atoms with van der Waals surface area (Å²) in [7, 11) is 0. The second-order valence-electron chi connectivity index (χ2n) is 5.67. The highest BCUT2D eigenvalue weighted by atomic mass is 19.1. The molecule has 2 aromatic rings. The molecule has 116 valence electrons. The zero-order valence-electron chi connectivity index (χ0n) is 12.3. The maximum Gasteiger partial charge on any atom is 0.256 e. The summed E-state index contributed by atoms with van der Waals surface area (Å²) in [6, 6.07) is 2.95. The Morgan fingerprint density at radius 1 is 1.41 bits per heavy atom. The number of aryl methyl sites for hydroxylation is 1. The molecule has 1 aromatic carbocycles. The molecule has 3 rings (SSSR count). The van der Waals surface area contributed by atoms with Crippen molar-refractivity contribution in [1.82, 2.24) is 14.9 Å². The molecule has 22 heavy (non-hydrogen) atoms. The molecule has 1 aliphatic heterocycles. The largest absolute Gasteiger partial charge is 0.346 e. The van der Waals surface area contributed by atoms with Crippen LogP contribution in [0.15, 0.2) is 24.4 Å². The summed E-state index contributed by atoms with van der Waals surface area (Å²) in [4.78, 5) is 21.5. The van der Waals surface area contributed by atoms with E-state index in [9.17, 15) is 13.6 Å². The number of amides is 1. The maximum atomic E-state index is 13.8. The fraction of sp³-hybridized carbons (Fsp3) is 0.375. The maximum absolute atomic E-state index is 13.8. The number of nitrogens with one attached hydrogen (secondary N) is 1. The van der Waals surface area contributed by atoms with Gasteiger partial charge in [-0.2, -0.15) is 0 Å². The van der Waals surface area contributed by atoms with Crippen molar-refractivity contribution in [2.45, 2.75) is 25.7 Å². The van der Waals surface area contributed by atoms with Crippen molar-refractivity contribution >= 4 is 5.91 Å². The van der Waals surface area contributed by atoms with E-state index in [1.807, 2.05) is 6.92 Å². The molecule has 1 amide bonds. The van der Waals surface area contributed by atoms with Gasteiger partial charge >= 0.3 is 0 Å². The monoisotopic (exact) mass is 305 g/mol. The van der Waals surface area contributed by atoms with Crippen LogP contribution in [0.25, 0.3) is 0 Å². The van der Waals surface area contributed by atoms with E-state index in [4.69, 9.17) is 0 Å². The van der Waals surface area contributed by atoms with E-state index >= 15 is 0 Å². The second-order valence-corrected chi connectivity index (χ2v) is 5.67. The number of imidazole rings is 1. The first-order valence-corrected chi connectivity index (χ1v) is 7.30. The van der Waals surface area contributed by atoms with Gasteiger partial charge in [0.2, 0.25) is 0 Å². The quantitative estimate of drug-likeness (QED) is 0.927. The van der Waals surface area contributed by atoms with Gasteiger partial charge in [0.1, 0.15) is 17.5 Å². The van der Waals surface area contributed by atoms with Gasteiger partial charge in [-0.25, -0.2) is 13.8 Å². The molecule has 1 atom stereocenters. The summed E-state index contributed by atoms with van der Waals surface area (Å²) in [5, 5.41) is 0. The third-order valence-corrected chi connectivity index (χ3v) is 3.98. The summed E-state index contributed by atoms with van der Waals surface area (Å²) in [5.74, 6) is -0.829. The number of H-pyrrole nitrogens is 1. The van der Waals surface area contributed by atoms with Gasteiger partial charge < -0.3 is 9.88 Å². The smallest absolute Gasteiger partial charge is 0.256 e. The third kappa shape index (κ3) is 2.86. The minimum atomic E-state index is -0.692. The summed E-state index contributed by atoms with van der Waals surface area (Å²) in [6.07, 6.45) is 3.48. The molecular weight excluding hydrogens is 288 g/mol. The van der Waals surface area contributed by atoms with E-state index in [1.165, 1.54) is 0 Å². The fourth-order valence-electron chi connectivity index (χ4n) is 2.86. The number of aromatic nitrogens is 2. The van der Waals surface area contributed by atoms with Gasteiger partial charge in [-0.05, 0) is 38.0 Å². The number of hydrogen-bond donors (Lipinski definition) is 1. The van der Waals surface area contributed by atoms with E-state index in [0.717, 1.165) is 42.6 Å². The van der Waals surface area contributed by atoms with E-state index in [1.54, 1.807) is 11.1 Å². The van der Waals surface area contributed by atoms with Gasteiger partial charge in [0.15, 0.2) is 0 Å². The molecule has 0 spiro atoms. The summed E-state index contributed by atoms with van der Waals surface area (Å²) in [5.41, 5.74) is 0.755. The van der Waals surface area contributed by atoms with Gasteiger partial charge in [0.25, 0.3) is 5.91 Å².